The van der Waals surface area contributed by atoms with Crippen LogP contribution in [0, 0.1) is 0 Å². The van der Waals surface area contributed by atoms with E-state index < -0.39 is 8.56 Å². The number of hydrogen-bond acceptors (Lipinski definition) is 4. The first-order valence-electron chi connectivity index (χ1n) is 7.13. The van der Waals surface area contributed by atoms with Gasteiger partial charge in [0.15, 0.2) is 11.8 Å². The summed E-state index contributed by atoms with van der Waals surface area (Å²) in [5.41, 5.74) is 0.780. The first kappa shape index (κ1) is 17.1. The van der Waals surface area contributed by atoms with E-state index in [1.165, 1.54) is 4.57 Å². The summed E-state index contributed by atoms with van der Waals surface area (Å²) in [6.45, 7) is 5.93. The molecule has 0 radical (unpaired) electrons. The average Bonchev–Trinajstić information content (AvgIpc) is 2.70. The third-order valence-electron chi connectivity index (χ3n) is 3.87. The van der Waals surface area contributed by atoms with Crippen molar-refractivity contribution < 1.29 is 19.1 Å². The Morgan fingerprint density at radius 2 is 1.85 bits per heavy atom. The van der Waals surface area contributed by atoms with Crippen molar-refractivity contribution in [2.24, 2.45) is 0 Å². The fraction of sp³-hybridized carbons (Fsp3) is 0.714. The van der Waals surface area contributed by atoms with Crippen molar-refractivity contribution >= 4 is 8.56 Å². The zero-order valence-electron chi connectivity index (χ0n) is 13.1. The fourth-order valence-corrected chi connectivity index (χ4v) is 4.77. The molecular weight excluding hydrogens is 274 g/mol. The number of aryl methyl sites for hydroxylation is 1. The van der Waals surface area contributed by atoms with Crippen molar-refractivity contribution in [2.75, 3.05) is 14.2 Å². The molecule has 1 heterocycles. The van der Waals surface area contributed by atoms with Crippen molar-refractivity contribution in [2.45, 2.75) is 51.7 Å². The van der Waals surface area contributed by atoms with Crippen LogP contribution >= 0.6 is 0 Å². The average molecular weight is 301 g/mol. The zero-order valence-corrected chi connectivity index (χ0v) is 14.1. The molecule has 0 spiro atoms. The molecule has 0 saturated heterocycles. The van der Waals surface area contributed by atoms with Crippen LogP contribution in [-0.2, 0) is 15.3 Å². The topological polar surface area (TPSA) is 63.9 Å². The monoisotopic (exact) mass is 301 g/mol. The Kier molecular flexibility index (Phi) is 6.10. The van der Waals surface area contributed by atoms with E-state index in [0.29, 0.717) is 6.42 Å². The molecule has 0 amide bonds. The van der Waals surface area contributed by atoms with Gasteiger partial charge in [-0.25, -0.2) is 0 Å². The second-order valence-electron chi connectivity index (χ2n) is 5.34. The molecule has 0 saturated carbocycles. The molecule has 2 N–H and O–H groups in total. The lowest BCUT2D eigenvalue weighted by atomic mass is 10.2. The van der Waals surface area contributed by atoms with Crippen LogP contribution in [0.2, 0.25) is 12.1 Å². The van der Waals surface area contributed by atoms with E-state index in [2.05, 4.69) is 6.92 Å². The molecule has 0 aliphatic carbocycles. The molecule has 116 valence electrons. The van der Waals surface area contributed by atoms with Crippen LogP contribution in [0.4, 0.5) is 0 Å². The highest BCUT2D eigenvalue weighted by atomic mass is 28.4. The van der Waals surface area contributed by atoms with Crippen molar-refractivity contribution in [1.29, 1.82) is 0 Å². The van der Waals surface area contributed by atoms with Gasteiger partial charge in [0.05, 0.1) is 0 Å². The van der Waals surface area contributed by atoms with Crippen molar-refractivity contribution in [3.05, 3.63) is 11.6 Å². The summed E-state index contributed by atoms with van der Waals surface area (Å²) in [6, 6.07) is 3.46. The van der Waals surface area contributed by atoms with Crippen LogP contribution in [0.25, 0.3) is 0 Å². The van der Waals surface area contributed by atoms with Crippen molar-refractivity contribution in [3.63, 3.8) is 0 Å². The lowest BCUT2D eigenvalue weighted by molar-refractivity contribution is 0.242. The van der Waals surface area contributed by atoms with Gasteiger partial charge in [0, 0.05) is 31.9 Å². The Morgan fingerprint density at radius 1 is 1.25 bits per heavy atom. The first-order chi connectivity index (χ1) is 9.40. The SMILES string of the molecule is CC[Si](CCCc1cc(O)n(C(C)C)c1O)(OC)OC. The van der Waals surface area contributed by atoms with Gasteiger partial charge < -0.3 is 19.1 Å². The Bertz CT molecular complexity index is 419. The van der Waals surface area contributed by atoms with Gasteiger partial charge in [-0.15, -0.1) is 0 Å². The van der Waals surface area contributed by atoms with E-state index in [0.717, 1.165) is 24.1 Å². The lowest BCUT2D eigenvalue weighted by Crippen LogP contribution is -2.39. The lowest BCUT2D eigenvalue weighted by Gasteiger charge is -2.25. The normalized spacial score (nSPS) is 12.3. The van der Waals surface area contributed by atoms with E-state index in [-0.39, 0.29) is 17.8 Å². The fourth-order valence-electron chi connectivity index (χ4n) is 2.55. The molecule has 0 aliphatic heterocycles. The number of nitrogens with zero attached hydrogens (tertiary/aromatic N) is 1. The zero-order chi connectivity index (χ0) is 15.3. The summed E-state index contributed by atoms with van der Waals surface area (Å²) in [4.78, 5) is 0. The molecule has 20 heavy (non-hydrogen) atoms. The highest BCUT2D eigenvalue weighted by molar-refractivity contribution is 6.67. The van der Waals surface area contributed by atoms with Crippen LogP contribution in [0.3, 0.4) is 0 Å². The van der Waals surface area contributed by atoms with Gasteiger partial charge in [0.25, 0.3) is 0 Å². The number of rotatable bonds is 8. The van der Waals surface area contributed by atoms with Gasteiger partial charge in [-0.1, -0.05) is 6.92 Å². The molecule has 1 aromatic heterocycles. The minimum absolute atomic E-state index is 0.0332. The van der Waals surface area contributed by atoms with E-state index in [9.17, 15) is 10.2 Å². The number of aromatic nitrogens is 1. The highest BCUT2D eigenvalue weighted by Crippen LogP contribution is 2.33. The quantitative estimate of drug-likeness (QED) is 0.724. The molecule has 0 aromatic carbocycles. The smallest absolute Gasteiger partial charge is 0.337 e. The maximum atomic E-state index is 10.1. The number of aromatic hydroxyl groups is 2. The van der Waals surface area contributed by atoms with E-state index in [1.807, 2.05) is 13.8 Å². The predicted molar refractivity (Wildman–Crippen MR) is 81.5 cm³/mol. The van der Waals surface area contributed by atoms with Crippen LogP contribution < -0.4 is 0 Å². The maximum Gasteiger partial charge on any atom is 0.337 e. The van der Waals surface area contributed by atoms with Crippen molar-refractivity contribution in [3.8, 4) is 11.8 Å². The van der Waals surface area contributed by atoms with Gasteiger partial charge in [0.1, 0.15) is 0 Å². The summed E-state index contributed by atoms with van der Waals surface area (Å²) >= 11 is 0. The van der Waals surface area contributed by atoms with Gasteiger partial charge in [-0.2, -0.15) is 0 Å². The molecular formula is C14H27NO4Si. The maximum absolute atomic E-state index is 10.1. The Balaban J connectivity index is 2.70. The van der Waals surface area contributed by atoms with Gasteiger partial charge in [0.2, 0.25) is 0 Å². The predicted octanol–water partition coefficient (Wildman–Crippen LogP) is 3.17. The highest BCUT2D eigenvalue weighted by Gasteiger charge is 2.32. The van der Waals surface area contributed by atoms with Crippen LogP contribution in [0.15, 0.2) is 6.07 Å². The van der Waals surface area contributed by atoms with Gasteiger partial charge in [-0.05, 0) is 38.8 Å². The van der Waals surface area contributed by atoms with E-state index >= 15 is 0 Å². The summed E-state index contributed by atoms with van der Waals surface area (Å²) < 4.78 is 12.7. The first-order valence-corrected chi connectivity index (χ1v) is 9.36. The van der Waals surface area contributed by atoms with Crippen LogP contribution in [0.1, 0.15) is 38.8 Å². The van der Waals surface area contributed by atoms with Gasteiger partial charge >= 0.3 is 8.56 Å². The molecule has 6 heteroatoms. The minimum atomic E-state index is -2.07. The molecule has 1 rings (SSSR count). The van der Waals surface area contributed by atoms with Gasteiger partial charge in [-0.3, -0.25) is 4.57 Å². The van der Waals surface area contributed by atoms with E-state index in [1.54, 1.807) is 20.3 Å². The Labute approximate surface area is 122 Å². The molecule has 0 bridgehead atoms. The third kappa shape index (κ3) is 3.56. The van der Waals surface area contributed by atoms with E-state index in [4.69, 9.17) is 8.85 Å². The molecule has 0 atom stereocenters. The molecule has 1 aromatic rings. The largest absolute Gasteiger partial charge is 0.494 e. The summed E-state index contributed by atoms with van der Waals surface area (Å²) in [5, 5.41) is 20.0. The Morgan fingerprint density at radius 3 is 2.25 bits per heavy atom. The summed E-state index contributed by atoms with van der Waals surface area (Å²) in [7, 11) is 1.34. The second kappa shape index (κ2) is 7.15. The van der Waals surface area contributed by atoms with Crippen LogP contribution in [0.5, 0.6) is 11.8 Å². The molecule has 0 aliphatic rings. The number of hydrogen-bond donors (Lipinski definition) is 2. The molecule has 5 nitrogen and oxygen atoms in total. The second-order valence-corrected chi connectivity index (χ2v) is 9.19. The van der Waals surface area contributed by atoms with Crippen LogP contribution in [-0.4, -0.2) is 37.6 Å². The summed E-state index contributed by atoms with van der Waals surface area (Å²) in [6.07, 6.45) is 1.58. The van der Waals surface area contributed by atoms with Crippen molar-refractivity contribution in [1.82, 2.24) is 4.57 Å². The molecule has 0 unspecified atom stereocenters. The minimum Gasteiger partial charge on any atom is -0.494 e. The Hall–Kier alpha value is -0.983. The molecule has 0 fully saturated rings. The third-order valence-corrected chi connectivity index (χ3v) is 7.55. The summed E-state index contributed by atoms with van der Waals surface area (Å²) in [5.74, 6) is 0.279. The standard InChI is InChI=1S/C14H27NO4Si/c1-6-20(18-4,19-5)9-7-8-12-10-13(16)15(11(2)3)14(12)17/h10-11,16-17H,6-9H2,1-5H3.